The maximum Gasteiger partial charge on any atom is 0.341 e. The monoisotopic (exact) mass is 1100 g/mol. The molecule has 2 heterocycles. The van der Waals surface area contributed by atoms with E-state index in [0.29, 0.717) is 11.8 Å². The van der Waals surface area contributed by atoms with E-state index in [-0.39, 0.29) is 15.8 Å². The van der Waals surface area contributed by atoms with Gasteiger partial charge in [0, 0.05) is 51.1 Å². The summed E-state index contributed by atoms with van der Waals surface area (Å²) in [5.41, 5.74) is -7.85. The van der Waals surface area contributed by atoms with E-state index in [1.807, 2.05) is 0 Å². The molecule has 0 aromatic heterocycles. The van der Waals surface area contributed by atoms with Crippen LogP contribution in [0, 0.1) is 11.3 Å². The first-order chi connectivity index (χ1) is 33.8. The van der Waals surface area contributed by atoms with Crippen LogP contribution < -0.4 is 16.0 Å². The van der Waals surface area contributed by atoms with Crippen LogP contribution in [0.1, 0.15) is 68.2 Å². The first kappa shape index (κ1) is 62.2. The Kier molecular flexibility index (Phi) is 22.5. The summed E-state index contributed by atoms with van der Waals surface area (Å²) in [5.74, 6) is -13.5. The molecule has 27 nitrogen and oxygen atoms in total. The average Bonchev–Trinajstić information content (AvgIpc) is 3.28. The number of amides is 2. The van der Waals surface area contributed by atoms with E-state index in [9.17, 15) is 78.9 Å². The van der Waals surface area contributed by atoms with Gasteiger partial charge in [0.2, 0.25) is 11.8 Å². The Bertz CT molecular complexity index is 2180. The number of esters is 3. The SMILES string of the molecule is COC1CC(OC2C(O)C([C@@]3(O)CC(=O)C(=N)C(C(=O)O)=C3O)OC(COC(C)=O)C2OC(=O)C(NC(=S)SC[C@H](NC(C)=O)C(=O)O)C(C)SC[C@H](NC(C)=O)C(=O)O)OC(C)C1(O)[C@H](C)OC(=O)C(C)C. The fraction of sp³-hybridized carbons (Fsp3) is 0.698. The molecule has 0 aromatic rings. The number of Topliss-reactive ketones (excluding diaryl/α,β-unsaturated/α-hetero) is 1. The molecule has 2 fully saturated rings. The first-order valence-corrected chi connectivity index (χ1v) is 24.8. The van der Waals surface area contributed by atoms with E-state index in [0.717, 1.165) is 32.5 Å². The molecule has 3 rings (SSSR count). The van der Waals surface area contributed by atoms with Crippen LogP contribution in [0.4, 0.5) is 0 Å². The highest BCUT2D eigenvalue weighted by molar-refractivity contribution is 8.23. The molecule has 3 aliphatic rings. The second-order valence-electron chi connectivity index (χ2n) is 17.5. The number of ether oxygens (including phenoxy) is 7. The van der Waals surface area contributed by atoms with E-state index >= 15 is 0 Å². The molecule has 11 unspecified atom stereocenters. The molecule has 0 radical (unpaired) electrons. The largest absolute Gasteiger partial charge is 0.508 e. The van der Waals surface area contributed by atoms with Crippen molar-refractivity contribution in [2.75, 3.05) is 25.2 Å². The Hall–Kier alpha value is -5.05. The van der Waals surface area contributed by atoms with Crippen LogP contribution in [-0.4, -0.2) is 214 Å². The standard InChI is InChI=1S/C43H62N4O23S3/c1-15(2)39(60)67-18(5)43(63)17(4)66-27(10-26(43)64-9)69-33-31(52)35(42(62)11-24(51)29(44)28(34(42)53)38(58)59)68-25(12-65-21(8)50)32(33)70-40(61)30(16(3)72-13-22(36(54)55)45-19(6)48)47-41(71)73-14-23(37(56)57)46-20(7)49/h15-18,22-23,25-27,30-33,35,44,52-53,62-63H,10-14H2,1-9H3,(H,45,48)(H,46,49)(H,47,71)(H,54,55)(H,56,57)(H,58,59)/t16?,17?,18-,22-,23-,25?,26?,27?,30?,31?,32?,33?,35?,42+,43?/m0/s1. The molecule has 0 spiro atoms. The third-order valence-electron chi connectivity index (χ3n) is 11.8. The summed E-state index contributed by atoms with van der Waals surface area (Å²) < 4.78 is 40.6. The Morgan fingerprint density at radius 3 is 1.97 bits per heavy atom. The summed E-state index contributed by atoms with van der Waals surface area (Å²) in [4.78, 5) is 112. The van der Waals surface area contributed by atoms with Crippen molar-refractivity contribution in [1.29, 1.82) is 5.41 Å². The number of aliphatic hydroxyl groups excluding tert-OH is 2. The van der Waals surface area contributed by atoms with Crippen molar-refractivity contribution in [3.05, 3.63) is 11.3 Å². The maximum absolute atomic E-state index is 14.7. The van der Waals surface area contributed by atoms with Crippen LogP contribution in [0.2, 0.25) is 0 Å². The van der Waals surface area contributed by atoms with Crippen molar-refractivity contribution >= 4 is 99.2 Å². The minimum absolute atomic E-state index is 0.269. The van der Waals surface area contributed by atoms with Crippen LogP contribution in [0.5, 0.6) is 0 Å². The molecule has 2 saturated heterocycles. The topological polar surface area (TPSA) is 420 Å². The number of thiocarbonyl (C=S) groups is 1. The molecule has 0 bridgehead atoms. The Labute approximate surface area is 431 Å². The zero-order valence-corrected chi connectivity index (χ0v) is 43.5. The molecule has 0 saturated carbocycles. The highest BCUT2D eigenvalue weighted by atomic mass is 32.2. The number of thioether (sulfide) groups is 2. The second-order valence-corrected chi connectivity index (χ2v) is 20.7. The van der Waals surface area contributed by atoms with Crippen LogP contribution in [-0.2, 0) is 76.3 Å². The van der Waals surface area contributed by atoms with E-state index in [2.05, 4.69) is 16.0 Å². The fourth-order valence-electron chi connectivity index (χ4n) is 7.94. The number of carboxylic acids is 3. The summed E-state index contributed by atoms with van der Waals surface area (Å²) in [6.45, 7) is 9.44. The van der Waals surface area contributed by atoms with Crippen LogP contribution in [0.3, 0.4) is 0 Å². The number of carbonyl (C=O) groups excluding carboxylic acids is 6. The lowest BCUT2D eigenvalue weighted by Crippen LogP contribution is -2.70. The zero-order valence-electron chi connectivity index (χ0n) is 41.0. The van der Waals surface area contributed by atoms with E-state index < -0.39 is 186 Å². The maximum atomic E-state index is 14.7. The van der Waals surface area contributed by atoms with Gasteiger partial charge in [0.15, 0.2) is 29.4 Å². The molecule has 11 N–H and O–H groups in total. The number of aliphatic carboxylic acids is 3. The highest BCUT2D eigenvalue weighted by Crippen LogP contribution is 2.42. The Morgan fingerprint density at radius 1 is 0.890 bits per heavy atom. The highest BCUT2D eigenvalue weighted by Gasteiger charge is 2.62. The van der Waals surface area contributed by atoms with Gasteiger partial charge in [0.1, 0.15) is 76.6 Å². The predicted molar refractivity (Wildman–Crippen MR) is 255 cm³/mol. The van der Waals surface area contributed by atoms with Gasteiger partial charge in [-0.1, -0.05) is 44.8 Å². The molecule has 410 valence electrons. The van der Waals surface area contributed by atoms with Crippen molar-refractivity contribution < 1.29 is 112 Å². The lowest BCUT2D eigenvalue weighted by molar-refractivity contribution is -0.345. The van der Waals surface area contributed by atoms with Gasteiger partial charge >= 0.3 is 35.8 Å². The van der Waals surface area contributed by atoms with Gasteiger partial charge in [-0.3, -0.25) is 29.4 Å². The number of methoxy groups -OCH3 is 1. The number of carboxylic acid groups (broad SMARTS) is 3. The third-order valence-corrected chi connectivity index (χ3v) is 14.5. The molecular weight excluding hydrogens is 1040 g/mol. The molecule has 2 amide bonds. The van der Waals surface area contributed by atoms with Crippen molar-refractivity contribution in [3.63, 3.8) is 0 Å². The third kappa shape index (κ3) is 15.5. The van der Waals surface area contributed by atoms with E-state index in [1.165, 1.54) is 27.9 Å². The number of carbonyl (C=O) groups is 9. The fourth-order valence-corrected chi connectivity index (χ4v) is 10.1. The minimum atomic E-state index is -3.19. The zero-order chi connectivity index (χ0) is 55.6. The molecule has 2 aliphatic heterocycles. The molecule has 1 aliphatic carbocycles. The second kappa shape index (κ2) is 26.4. The predicted octanol–water partition coefficient (Wildman–Crippen LogP) is -1.66. The van der Waals surface area contributed by atoms with Gasteiger partial charge in [-0.25, -0.2) is 19.2 Å². The molecule has 30 heteroatoms. The quantitative estimate of drug-likeness (QED) is 0.0310. The normalized spacial score (nSPS) is 29.4. The molecule has 15 atom stereocenters. The number of nitrogens with one attached hydrogen (secondary N) is 4. The van der Waals surface area contributed by atoms with Crippen molar-refractivity contribution in [1.82, 2.24) is 16.0 Å². The van der Waals surface area contributed by atoms with E-state index in [4.69, 9.17) is 50.8 Å². The number of ketones is 1. The summed E-state index contributed by atoms with van der Waals surface area (Å²) in [7, 11) is 1.20. The van der Waals surface area contributed by atoms with Gasteiger partial charge in [-0.15, -0.1) is 0 Å². The Morgan fingerprint density at radius 2 is 1.47 bits per heavy atom. The van der Waals surface area contributed by atoms with Crippen molar-refractivity contribution in [2.24, 2.45) is 5.92 Å². The minimum Gasteiger partial charge on any atom is -0.508 e. The lowest BCUT2D eigenvalue weighted by atomic mass is 9.74. The van der Waals surface area contributed by atoms with Gasteiger partial charge in [0.25, 0.3) is 0 Å². The van der Waals surface area contributed by atoms with Crippen molar-refractivity contribution in [3.8, 4) is 0 Å². The van der Waals surface area contributed by atoms with Gasteiger partial charge in [-0.2, -0.15) is 11.8 Å². The number of hydrogen-bond acceptors (Lipinski definition) is 24. The van der Waals surface area contributed by atoms with Crippen LogP contribution >= 0.6 is 35.7 Å². The van der Waals surface area contributed by atoms with Gasteiger partial charge in [0.05, 0.1) is 24.5 Å². The molecule has 0 aromatic carbocycles. The van der Waals surface area contributed by atoms with Gasteiger partial charge < -0.3 is 84.9 Å². The first-order valence-electron chi connectivity index (χ1n) is 22.3. The molecule has 73 heavy (non-hydrogen) atoms. The number of aliphatic hydroxyl groups is 4. The summed E-state index contributed by atoms with van der Waals surface area (Å²) >= 11 is 6.90. The van der Waals surface area contributed by atoms with E-state index in [1.54, 1.807) is 13.8 Å². The number of rotatable bonds is 23. The summed E-state index contributed by atoms with van der Waals surface area (Å²) in [6.07, 6.45) is -18.1. The number of hydrogen-bond donors (Lipinski definition) is 11. The van der Waals surface area contributed by atoms with Crippen LogP contribution in [0.15, 0.2) is 11.3 Å². The Balaban J connectivity index is 2.23. The van der Waals surface area contributed by atoms with Crippen molar-refractivity contribution in [2.45, 2.75) is 158 Å². The summed E-state index contributed by atoms with van der Waals surface area (Å²) in [5, 5.41) is 91.2. The lowest BCUT2D eigenvalue weighted by Gasteiger charge is -2.52. The van der Waals surface area contributed by atoms with Gasteiger partial charge in [-0.05, 0) is 13.8 Å². The van der Waals surface area contributed by atoms with Crippen LogP contribution in [0.25, 0.3) is 0 Å². The molecular formula is C43H62N4O23S3. The summed E-state index contributed by atoms with van der Waals surface area (Å²) in [6, 6.07) is -4.65. The average molecular weight is 1100 g/mol. The smallest absolute Gasteiger partial charge is 0.341 e.